The molecule has 0 aromatic carbocycles. The second-order valence-corrected chi connectivity index (χ2v) is 7.63. The molecule has 0 bridgehead atoms. The first-order chi connectivity index (χ1) is 11.7. The Balaban J connectivity index is 0.00000312. The molecule has 1 fully saturated rings. The lowest BCUT2D eigenvalue weighted by atomic mass is 10.1. The molecule has 2 N–H and O–H groups in total. The second-order valence-electron chi connectivity index (χ2n) is 6.43. The zero-order valence-electron chi connectivity index (χ0n) is 15.9. The van der Waals surface area contributed by atoms with E-state index in [1.807, 2.05) is 17.5 Å². The van der Waals surface area contributed by atoms with Gasteiger partial charge in [0.15, 0.2) is 5.96 Å². The van der Waals surface area contributed by atoms with Gasteiger partial charge in [0, 0.05) is 43.7 Å². The number of aromatic nitrogens is 1. The summed E-state index contributed by atoms with van der Waals surface area (Å²) in [5, 5.41) is 8.01. The highest BCUT2D eigenvalue weighted by Crippen LogP contribution is 2.16. The van der Waals surface area contributed by atoms with E-state index < -0.39 is 0 Å². The summed E-state index contributed by atoms with van der Waals surface area (Å²) in [6.45, 7) is 12.9. The Morgan fingerprint density at radius 2 is 2.20 bits per heavy atom. The summed E-state index contributed by atoms with van der Waals surface area (Å²) in [5.41, 5.74) is 0. The first kappa shape index (κ1) is 22.6. The average Bonchev–Trinajstić information content (AvgIpc) is 3.22. The fourth-order valence-corrected chi connectivity index (χ4v) is 3.92. The van der Waals surface area contributed by atoms with E-state index >= 15 is 0 Å². The van der Waals surface area contributed by atoms with Gasteiger partial charge >= 0.3 is 0 Å². The van der Waals surface area contributed by atoms with Gasteiger partial charge in [0.2, 0.25) is 0 Å². The lowest BCUT2D eigenvalue weighted by molar-refractivity contribution is 0.326. The summed E-state index contributed by atoms with van der Waals surface area (Å²) < 4.78 is 0. The lowest BCUT2D eigenvalue weighted by Gasteiger charge is -2.14. The van der Waals surface area contributed by atoms with Crippen molar-refractivity contribution < 1.29 is 0 Å². The number of hydrogen-bond donors (Lipinski definition) is 2. The summed E-state index contributed by atoms with van der Waals surface area (Å²) in [4.78, 5) is 13.2. The lowest BCUT2D eigenvalue weighted by Crippen LogP contribution is -2.38. The number of aliphatic imine (C=N–C) groups is 1. The molecule has 5 nitrogen and oxygen atoms in total. The summed E-state index contributed by atoms with van der Waals surface area (Å²) in [6, 6.07) is 0. The third kappa shape index (κ3) is 8.21. The molecule has 2 heterocycles. The molecule has 1 aliphatic heterocycles. The molecule has 2 rings (SSSR count). The second kappa shape index (κ2) is 12.9. The Morgan fingerprint density at radius 3 is 2.88 bits per heavy atom. The molecule has 1 aliphatic rings. The standard InChI is InChI=1S/C18H33N5S.HI/c1-4-10-23-11-8-15(14-23)12-22-18(19-6-3)20-9-7-17-21-13-16(5-2)24-17;/h13,15H,4-12,14H2,1-3H3,(H2,19,20,22);1H. The fraction of sp³-hybridized carbons (Fsp3) is 0.778. The van der Waals surface area contributed by atoms with Gasteiger partial charge in [0.05, 0.1) is 5.01 Å². The number of hydrogen-bond acceptors (Lipinski definition) is 4. The third-order valence-corrected chi connectivity index (χ3v) is 5.54. The van der Waals surface area contributed by atoms with E-state index in [4.69, 9.17) is 4.99 Å². The minimum Gasteiger partial charge on any atom is -0.357 e. The number of nitrogens with zero attached hydrogens (tertiary/aromatic N) is 3. The van der Waals surface area contributed by atoms with Gasteiger partial charge in [-0.2, -0.15) is 0 Å². The van der Waals surface area contributed by atoms with Crippen LogP contribution in [0.3, 0.4) is 0 Å². The Bertz CT molecular complexity index is 505. The normalized spacial score (nSPS) is 18.2. The van der Waals surface area contributed by atoms with E-state index in [-0.39, 0.29) is 24.0 Å². The Labute approximate surface area is 174 Å². The van der Waals surface area contributed by atoms with Crippen molar-refractivity contribution in [2.45, 2.75) is 46.5 Å². The maximum Gasteiger partial charge on any atom is 0.191 e. The minimum absolute atomic E-state index is 0. The molecule has 25 heavy (non-hydrogen) atoms. The highest BCUT2D eigenvalue weighted by atomic mass is 127. The van der Waals surface area contributed by atoms with Gasteiger partial charge in [-0.25, -0.2) is 4.98 Å². The molecule has 0 radical (unpaired) electrons. The van der Waals surface area contributed by atoms with Gasteiger partial charge in [0.1, 0.15) is 0 Å². The molecule has 7 heteroatoms. The number of nitrogens with one attached hydrogen (secondary N) is 2. The number of guanidine groups is 1. The van der Waals surface area contributed by atoms with Crippen molar-refractivity contribution in [3.05, 3.63) is 16.1 Å². The quantitative estimate of drug-likeness (QED) is 0.325. The van der Waals surface area contributed by atoms with Gasteiger partial charge in [-0.05, 0) is 45.2 Å². The number of rotatable bonds is 9. The molecule has 1 unspecified atom stereocenters. The Kier molecular flexibility index (Phi) is 11.6. The van der Waals surface area contributed by atoms with Gasteiger partial charge in [0.25, 0.3) is 0 Å². The molecule has 1 atom stereocenters. The maximum atomic E-state index is 4.79. The van der Waals surface area contributed by atoms with Crippen molar-refractivity contribution >= 4 is 41.3 Å². The fourth-order valence-electron chi connectivity index (χ4n) is 3.06. The predicted molar refractivity (Wildman–Crippen MR) is 119 cm³/mol. The largest absolute Gasteiger partial charge is 0.357 e. The van der Waals surface area contributed by atoms with Crippen LogP contribution >= 0.6 is 35.3 Å². The number of thiazole rings is 1. The van der Waals surface area contributed by atoms with Gasteiger partial charge < -0.3 is 15.5 Å². The molecule has 1 aromatic rings. The van der Waals surface area contributed by atoms with Crippen molar-refractivity contribution in [1.82, 2.24) is 20.5 Å². The van der Waals surface area contributed by atoms with Crippen LogP contribution in [-0.4, -0.2) is 55.1 Å². The molecule has 0 aliphatic carbocycles. The van der Waals surface area contributed by atoms with Gasteiger partial charge in [-0.15, -0.1) is 35.3 Å². The first-order valence-electron chi connectivity index (χ1n) is 9.43. The highest BCUT2D eigenvalue weighted by Gasteiger charge is 2.21. The van der Waals surface area contributed by atoms with Crippen LogP contribution in [0.25, 0.3) is 0 Å². The van der Waals surface area contributed by atoms with E-state index in [0.29, 0.717) is 5.92 Å². The van der Waals surface area contributed by atoms with Crippen molar-refractivity contribution in [2.75, 3.05) is 39.3 Å². The minimum atomic E-state index is 0. The Hall–Kier alpha value is -0.410. The third-order valence-electron chi connectivity index (χ3n) is 4.34. The summed E-state index contributed by atoms with van der Waals surface area (Å²) in [7, 11) is 0. The van der Waals surface area contributed by atoms with E-state index in [9.17, 15) is 0 Å². The van der Waals surface area contributed by atoms with Crippen LogP contribution in [-0.2, 0) is 12.8 Å². The molecular formula is C18H34IN5S. The summed E-state index contributed by atoms with van der Waals surface area (Å²) in [6.07, 6.45) is 6.56. The first-order valence-corrected chi connectivity index (χ1v) is 10.2. The zero-order valence-corrected chi connectivity index (χ0v) is 19.0. The number of likely N-dealkylation sites (tertiary alicyclic amines) is 1. The molecular weight excluding hydrogens is 445 g/mol. The summed E-state index contributed by atoms with van der Waals surface area (Å²) >= 11 is 1.82. The van der Waals surface area contributed by atoms with Gasteiger partial charge in [-0.1, -0.05) is 13.8 Å². The van der Waals surface area contributed by atoms with Crippen LogP contribution in [0.2, 0.25) is 0 Å². The predicted octanol–water partition coefficient (Wildman–Crippen LogP) is 3.15. The van der Waals surface area contributed by atoms with Crippen LogP contribution in [0.15, 0.2) is 11.2 Å². The van der Waals surface area contributed by atoms with E-state index in [0.717, 1.165) is 38.4 Å². The van der Waals surface area contributed by atoms with Crippen molar-refractivity contribution in [1.29, 1.82) is 0 Å². The molecule has 144 valence electrons. The smallest absolute Gasteiger partial charge is 0.191 e. The highest BCUT2D eigenvalue weighted by molar-refractivity contribution is 14.0. The van der Waals surface area contributed by atoms with E-state index in [1.54, 1.807) is 0 Å². The van der Waals surface area contributed by atoms with E-state index in [1.165, 1.54) is 42.4 Å². The zero-order chi connectivity index (χ0) is 17.2. The van der Waals surface area contributed by atoms with Crippen molar-refractivity contribution in [3.8, 4) is 0 Å². The molecule has 0 amide bonds. The molecule has 1 aromatic heterocycles. The van der Waals surface area contributed by atoms with Crippen LogP contribution in [0.5, 0.6) is 0 Å². The van der Waals surface area contributed by atoms with Crippen LogP contribution in [0.4, 0.5) is 0 Å². The number of halogens is 1. The van der Waals surface area contributed by atoms with Crippen LogP contribution < -0.4 is 10.6 Å². The van der Waals surface area contributed by atoms with Crippen LogP contribution in [0.1, 0.15) is 43.5 Å². The molecule has 1 saturated heterocycles. The summed E-state index contributed by atoms with van der Waals surface area (Å²) in [5.74, 6) is 1.65. The maximum absolute atomic E-state index is 4.79. The van der Waals surface area contributed by atoms with Crippen molar-refractivity contribution in [3.63, 3.8) is 0 Å². The average molecular weight is 479 g/mol. The van der Waals surface area contributed by atoms with Gasteiger partial charge in [-0.3, -0.25) is 4.99 Å². The molecule has 0 spiro atoms. The van der Waals surface area contributed by atoms with Crippen LogP contribution in [0, 0.1) is 5.92 Å². The SMILES string of the molecule is CCCN1CCC(CN=C(NCC)NCCc2ncc(CC)s2)C1.I. The van der Waals surface area contributed by atoms with E-state index in [2.05, 4.69) is 41.3 Å². The number of aryl methyl sites for hydroxylation is 1. The topological polar surface area (TPSA) is 52.5 Å². The Morgan fingerprint density at radius 1 is 1.36 bits per heavy atom. The molecule has 0 saturated carbocycles. The van der Waals surface area contributed by atoms with Crippen molar-refractivity contribution in [2.24, 2.45) is 10.9 Å². The monoisotopic (exact) mass is 479 g/mol.